The third-order valence-corrected chi connectivity index (χ3v) is 3.85. The maximum Gasteiger partial charge on any atom is 0.282 e. The molecule has 1 aliphatic rings. The molecule has 2 amide bonds. The first-order chi connectivity index (χ1) is 10.6. The summed E-state index contributed by atoms with van der Waals surface area (Å²) in [6, 6.07) is 13.8. The van der Waals surface area contributed by atoms with Gasteiger partial charge in [0, 0.05) is 15.6 Å². The second-order valence-electron chi connectivity index (χ2n) is 4.61. The van der Waals surface area contributed by atoms with Crippen LogP contribution in [0.1, 0.15) is 5.56 Å². The molecule has 4 nitrogen and oxygen atoms in total. The molecule has 1 heterocycles. The summed E-state index contributed by atoms with van der Waals surface area (Å²) >= 11 is 12.1. The van der Waals surface area contributed by atoms with E-state index in [1.807, 2.05) is 6.07 Å². The van der Waals surface area contributed by atoms with Gasteiger partial charge in [-0.3, -0.25) is 15.0 Å². The van der Waals surface area contributed by atoms with Gasteiger partial charge in [0.15, 0.2) is 0 Å². The fraction of sp³-hybridized carbons (Fsp3) is 0. The van der Waals surface area contributed by atoms with Crippen LogP contribution in [0.25, 0.3) is 6.08 Å². The molecule has 1 fully saturated rings. The van der Waals surface area contributed by atoms with E-state index in [9.17, 15) is 9.59 Å². The maximum atomic E-state index is 12.4. The summed E-state index contributed by atoms with van der Waals surface area (Å²) in [5.41, 5.74) is 3.53. The Bertz CT molecular complexity index is 768. The van der Waals surface area contributed by atoms with E-state index in [1.54, 1.807) is 42.5 Å². The van der Waals surface area contributed by atoms with Gasteiger partial charge in [0.25, 0.3) is 11.8 Å². The van der Waals surface area contributed by atoms with Crippen molar-refractivity contribution in [2.75, 3.05) is 5.01 Å². The summed E-state index contributed by atoms with van der Waals surface area (Å²) in [4.78, 5) is 24.5. The Morgan fingerprint density at radius 3 is 2.18 bits per heavy atom. The quantitative estimate of drug-likeness (QED) is 0.676. The normalized spacial score (nSPS) is 16.3. The Labute approximate surface area is 136 Å². The smallest absolute Gasteiger partial charge is 0.267 e. The van der Waals surface area contributed by atoms with Gasteiger partial charge in [0.2, 0.25) is 0 Å². The first-order valence-electron chi connectivity index (χ1n) is 6.44. The number of benzene rings is 2. The fourth-order valence-corrected chi connectivity index (χ4v) is 2.62. The summed E-state index contributed by atoms with van der Waals surface area (Å²) in [7, 11) is 0. The number of rotatable bonds is 2. The van der Waals surface area contributed by atoms with Crippen molar-refractivity contribution < 1.29 is 9.59 Å². The Hall–Kier alpha value is -2.30. The van der Waals surface area contributed by atoms with Crippen LogP contribution >= 0.6 is 23.2 Å². The first kappa shape index (κ1) is 14.6. The molecule has 6 heteroatoms. The highest BCUT2D eigenvalue weighted by molar-refractivity contribution is 6.38. The lowest BCUT2D eigenvalue weighted by Gasteiger charge is -2.13. The lowest BCUT2D eigenvalue weighted by Crippen LogP contribution is -2.35. The van der Waals surface area contributed by atoms with Gasteiger partial charge in [-0.25, -0.2) is 5.01 Å². The van der Waals surface area contributed by atoms with E-state index in [0.717, 1.165) is 0 Å². The molecular weight excluding hydrogens is 323 g/mol. The summed E-state index contributed by atoms with van der Waals surface area (Å²) in [6.07, 6.45) is 1.41. The SMILES string of the molecule is O=C1NN(c2ccccc2)C(=O)/C1=C/c1c(Cl)cccc1Cl. The third-order valence-electron chi connectivity index (χ3n) is 3.19. The zero-order chi connectivity index (χ0) is 15.7. The Kier molecular flexibility index (Phi) is 3.88. The molecule has 0 unspecified atom stereocenters. The maximum absolute atomic E-state index is 12.4. The van der Waals surface area contributed by atoms with Crippen molar-refractivity contribution in [3.05, 3.63) is 69.7 Å². The summed E-state index contributed by atoms with van der Waals surface area (Å²) in [5, 5.41) is 1.94. The molecule has 22 heavy (non-hydrogen) atoms. The molecule has 2 aromatic rings. The minimum absolute atomic E-state index is 0.0150. The number of hydrogen-bond donors (Lipinski definition) is 1. The number of carbonyl (C=O) groups is 2. The predicted molar refractivity (Wildman–Crippen MR) is 86.5 cm³/mol. The minimum Gasteiger partial charge on any atom is -0.267 e. The van der Waals surface area contributed by atoms with E-state index in [1.165, 1.54) is 11.1 Å². The largest absolute Gasteiger partial charge is 0.282 e. The lowest BCUT2D eigenvalue weighted by molar-refractivity contribution is -0.117. The predicted octanol–water partition coefficient (Wildman–Crippen LogP) is 3.45. The first-order valence-corrected chi connectivity index (χ1v) is 7.20. The van der Waals surface area contributed by atoms with E-state index in [0.29, 0.717) is 21.3 Å². The molecule has 0 saturated carbocycles. The van der Waals surface area contributed by atoms with Crippen LogP contribution in [0.4, 0.5) is 5.69 Å². The molecule has 0 radical (unpaired) electrons. The summed E-state index contributed by atoms with van der Waals surface area (Å²) in [5.74, 6) is -0.947. The van der Waals surface area contributed by atoms with E-state index in [4.69, 9.17) is 23.2 Å². The highest BCUT2D eigenvalue weighted by atomic mass is 35.5. The second-order valence-corrected chi connectivity index (χ2v) is 5.42. The Morgan fingerprint density at radius 1 is 0.909 bits per heavy atom. The molecule has 1 saturated heterocycles. The second kappa shape index (κ2) is 5.83. The van der Waals surface area contributed by atoms with Crippen molar-refractivity contribution >= 4 is 46.8 Å². The van der Waals surface area contributed by atoms with E-state index >= 15 is 0 Å². The van der Waals surface area contributed by atoms with Crippen molar-refractivity contribution in [2.24, 2.45) is 0 Å². The topological polar surface area (TPSA) is 49.4 Å². The van der Waals surface area contributed by atoms with Crippen molar-refractivity contribution in [2.45, 2.75) is 0 Å². The molecule has 1 N–H and O–H groups in total. The summed E-state index contributed by atoms with van der Waals surface area (Å²) in [6.45, 7) is 0. The van der Waals surface area contributed by atoms with Gasteiger partial charge >= 0.3 is 0 Å². The van der Waals surface area contributed by atoms with Gasteiger partial charge in [0.1, 0.15) is 5.57 Å². The summed E-state index contributed by atoms with van der Waals surface area (Å²) < 4.78 is 0. The Balaban J connectivity index is 2.01. The van der Waals surface area contributed by atoms with Crippen molar-refractivity contribution in [3.8, 4) is 0 Å². The number of hydrogen-bond acceptors (Lipinski definition) is 2. The van der Waals surface area contributed by atoms with Crippen LogP contribution in [-0.2, 0) is 9.59 Å². The van der Waals surface area contributed by atoms with Gasteiger partial charge < -0.3 is 0 Å². The van der Waals surface area contributed by atoms with Crippen LogP contribution in [0.3, 0.4) is 0 Å². The number of amides is 2. The van der Waals surface area contributed by atoms with Crippen LogP contribution in [-0.4, -0.2) is 11.8 Å². The van der Waals surface area contributed by atoms with E-state index in [2.05, 4.69) is 5.43 Å². The van der Waals surface area contributed by atoms with Gasteiger partial charge in [-0.2, -0.15) is 0 Å². The van der Waals surface area contributed by atoms with Crippen LogP contribution in [0.15, 0.2) is 54.1 Å². The number of carbonyl (C=O) groups excluding carboxylic acids is 2. The molecule has 0 bridgehead atoms. The standard InChI is InChI=1S/C16H10Cl2N2O2/c17-13-7-4-8-14(18)11(13)9-12-15(21)19-20(16(12)22)10-5-2-1-3-6-10/h1-9H,(H,19,21)/b12-9+. The highest BCUT2D eigenvalue weighted by Gasteiger charge is 2.34. The van der Waals surface area contributed by atoms with Crippen molar-refractivity contribution in [1.29, 1.82) is 0 Å². The molecule has 1 aliphatic heterocycles. The highest BCUT2D eigenvalue weighted by Crippen LogP contribution is 2.28. The van der Waals surface area contributed by atoms with Gasteiger partial charge in [-0.15, -0.1) is 0 Å². The van der Waals surface area contributed by atoms with Crippen molar-refractivity contribution in [3.63, 3.8) is 0 Å². The molecule has 0 atom stereocenters. The molecular formula is C16H10Cl2N2O2. The van der Waals surface area contributed by atoms with Crippen LogP contribution < -0.4 is 10.4 Å². The number of halogens is 2. The number of anilines is 1. The number of hydrazine groups is 1. The zero-order valence-electron chi connectivity index (χ0n) is 11.2. The van der Waals surface area contributed by atoms with E-state index < -0.39 is 11.8 Å². The molecule has 0 aromatic heterocycles. The van der Waals surface area contributed by atoms with Gasteiger partial charge in [-0.05, 0) is 30.3 Å². The monoisotopic (exact) mass is 332 g/mol. The van der Waals surface area contributed by atoms with Crippen LogP contribution in [0.2, 0.25) is 10.0 Å². The third kappa shape index (κ3) is 2.58. The molecule has 0 aliphatic carbocycles. The van der Waals surface area contributed by atoms with E-state index in [-0.39, 0.29) is 5.57 Å². The molecule has 2 aromatic carbocycles. The molecule has 110 valence electrons. The lowest BCUT2D eigenvalue weighted by atomic mass is 10.1. The average Bonchev–Trinajstić information content (AvgIpc) is 2.79. The number of para-hydroxylation sites is 1. The zero-order valence-corrected chi connectivity index (χ0v) is 12.7. The minimum atomic E-state index is -0.496. The average molecular weight is 333 g/mol. The molecule has 0 spiro atoms. The van der Waals surface area contributed by atoms with Crippen LogP contribution in [0, 0.1) is 0 Å². The van der Waals surface area contributed by atoms with Gasteiger partial charge in [0.05, 0.1) is 5.69 Å². The number of nitrogens with zero attached hydrogens (tertiary/aromatic N) is 1. The number of nitrogens with one attached hydrogen (secondary N) is 1. The van der Waals surface area contributed by atoms with Crippen LogP contribution in [0.5, 0.6) is 0 Å². The van der Waals surface area contributed by atoms with Crippen molar-refractivity contribution in [1.82, 2.24) is 5.43 Å². The molecule has 3 rings (SSSR count). The Morgan fingerprint density at radius 2 is 1.55 bits per heavy atom. The van der Waals surface area contributed by atoms with Gasteiger partial charge in [-0.1, -0.05) is 47.5 Å². The fourth-order valence-electron chi connectivity index (χ4n) is 2.11.